The van der Waals surface area contributed by atoms with Crippen LogP contribution in [0.15, 0.2) is 144 Å². The molecule has 664 valence electrons. The Kier molecular flexibility index (Phi) is 27.9. The Morgan fingerprint density at radius 2 is 1.07 bits per heavy atom. The van der Waals surface area contributed by atoms with Crippen molar-refractivity contribution in [1.82, 2.24) is 0 Å². The first kappa shape index (κ1) is 84.5. The lowest BCUT2D eigenvalue weighted by Gasteiger charge is -2.49. The van der Waals surface area contributed by atoms with Gasteiger partial charge in [0.2, 0.25) is 0 Å². The molecule has 6 aliphatic rings. The number of fused-ring (bicyclic) bond motifs is 2. The zero-order valence-corrected chi connectivity index (χ0v) is 80.0. The SMILES string of the molecule is C=C1/C(=C\CP(=O)(c2ccccc2)c2ccccc2)C[C@@H](O[Si](C)(C)C(C)(C)C)C[C@@H]1O[Si](C)(C)C(C)(C)C.[2H]C([2H])([2H])C(CCCC(C)(C/C=C\C(C)(O[Si](C)(C)C)C(F)(F)F)[C@H]1CCC2C(=O)CCC[C@@]21C)(O[Si](C)(C)C)C([2H])([2H])[2H].[2H]C([2H])([2H])C(O)(CCCC(C)(C/C=C\C(C)(O)C(F)(F)F)[C@H]1CCC2/C(=C/C=C3/C[C@@H](O)C[C@H](O)C3=C)CCC[C@@]21C)C([2H])([2H])[2H]. The molecule has 6 aliphatic carbocycles. The maximum Gasteiger partial charge on any atom is 0.420 e. The van der Waals surface area contributed by atoms with Crippen LogP contribution in [0, 0.1) is 45.3 Å². The molecule has 2 aromatic rings. The van der Waals surface area contributed by atoms with Crippen molar-refractivity contribution in [2.24, 2.45) is 45.3 Å². The first-order chi connectivity index (χ1) is 58.1. The minimum absolute atomic E-state index is 0.0169. The molecule has 6 fully saturated rings. The van der Waals surface area contributed by atoms with E-state index in [0.717, 1.165) is 111 Å². The van der Waals surface area contributed by atoms with Gasteiger partial charge in [-0.05, 0) is 300 Å². The van der Waals surface area contributed by atoms with E-state index in [1.165, 1.54) is 17.7 Å². The number of carbonyl (C=O) groups is 1. The molecule has 10 nitrogen and oxygen atoms in total. The average Bonchev–Trinajstić information content (AvgIpc) is 1.56. The summed E-state index contributed by atoms with van der Waals surface area (Å²) >= 11 is 0. The van der Waals surface area contributed by atoms with Crippen molar-refractivity contribution in [3.63, 3.8) is 0 Å². The van der Waals surface area contributed by atoms with Crippen LogP contribution in [-0.4, -0.2) is 125 Å². The van der Waals surface area contributed by atoms with Crippen LogP contribution >= 0.6 is 7.14 Å². The second-order valence-corrected chi connectivity index (χ2v) is 63.1. The summed E-state index contributed by atoms with van der Waals surface area (Å²) in [6.45, 7) is 39.7. The van der Waals surface area contributed by atoms with Crippen LogP contribution < -0.4 is 10.6 Å². The Balaban J connectivity index is 0.000000299. The summed E-state index contributed by atoms with van der Waals surface area (Å²) in [5.74, 6) is 0.220. The van der Waals surface area contributed by atoms with E-state index < -0.39 is 132 Å². The molecule has 0 aliphatic heterocycles. The number of benzene rings is 2. The molecule has 0 aromatic heterocycles. The molecule has 21 heteroatoms. The zero-order chi connectivity index (χ0) is 98.9. The minimum Gasteiger partial charge on any atom is -0.413 e. The third-order valence-corrected chi connectivity index (χ3v) is 41.7. The van der Waals surface area contributed by atoms with Crippen molar-refractivity contribution in [3.05, 3.63) is 144 Å². The molecule has 4 N–H and O–H groups in total. The van der Waals surface area contributed by atoms with Gasteiger partial charge >= 0.3 is 12.4 Å². The van der Waals surface area contributed by atoms with E-state index in [1.807, 2.05) is 80.6 Å². The first-order valence-corrected chi connectivity index (χ1v) is 57.4. The van der Waals surface area contributed by atoms with Gasteiger partial charge in [-0.1, -0.05) is 192 Å². The molecule has 2 aromatic carbocycles. The first-order valence-electron chi connectivity index (χ1n) is 48.9. The van der Waals surface area contributed by atoms with E-state index in [2.05, 4.69) is 107 Å². The number of hydrogen-bond donors (Lipinski definition) is 4. The average molecular weight is 1740 g/mol. The van der Waals surface area contributed by atoms with E-state index in [9.17, 15) is 56.1 Å². The molecule has 6 unspecified atom stereocenters. The molecular weight excluding hydrogens is 1570 g/mol. The van der Waals surface area contributed by atoms with E-state index in [-0.39, 0.29) is 108 Å². The molecule has 117 heavy (non-hydrogen) atoms. The smallest absolute Gasteiger partial charge is 0.413 e. The van der Waals surface area contributed by atoms with Crippen molar-refractivity contribution in [2.75, 3.05) is 6.16 Å². The Bertz CT molecular complexity index is 4260. The van der Waals surface area contributed by atoms with Gasteiger partial charge < -0.3 is 42.7 Å². The van der Waals surface area contributed by atoms with Gasteiger partial charge in [0, 0.05) is 58.4 Å². The Morgan fingerprint density at radius 1 is 0.581 bits per heavy atom. The predicted octanol–water partition coefficient (Wildman–Crippen LogP) is 26.1. The Labute approximate surface area is 725 Å². The highest BCUT2D eigenvalue weighted by Crippen LogP contribution is 2.65. The van der Waals surface area contributed by atoms with Crippen LogP contribution in [-0.2, 0) is 27.1 Å². The number of rotatable bonds is 29. The van der Waals surface area contributed by atoms with Gasteiger partial charge in [-0.15, -0.1) is 0 Å². The third-order valence-electron chi connectivity index (χ3n) is 27.7. The lowest BCUT2D eigenvalue weighted by molar-refractivity contribution is -0.232. The molecule has 0 saturated heterocycles. The van der Waals surface area contributed by atoms with Crippen molar-refractivity contribution >= 4 is 56.8 Å². The van der Waals surface area contributed by atoms with E-state index in [4.69, 9.17) is 34.2 Å². The summed E-state index contributed by atoms with van der Waals surface area (Å²) in [6.07, 6.45) is 10.7. The maximum absolute atomic E-state index is 14.7. The normalized spacial score (nSPS) is 30.3. The van der Waals surface area contributed by atoms with Gasteiger partial charge in [0.15, 0.2) is 44.5 Å². The second kappa shape index (κ2) is 38.6. The fourth-order valence-electron chi connectivity index (χ4n) is 19.4. The van der Waals surface area contributed by atoms with Gasteiger partial charge in [0.05, 0.1) is 35.6 Å². The van der Waals surface area contributed by atoms with Crippen LogP contribution in [0.4, 0.5) is 26.3 Å². The van der Waals surface area contributed by atoms with Gasteiger partial charge in [0.1, 0.15) is 12.9 Å². The number of Topliss-reactive ketones (excluding diaryl/α,β-unsaturated/α-hetero) is 1. The summed E-state index contributed by atoms with van der Waals surface area (Å²) < 4.78 is 219. The summed E-state index contributed by atoms with van der Waals surface area (Å²) in [6, 6.07) is 19.8. The minimum atomic E-state index is -4.88. The number of alkyl halides is 6. The number of hydrogen-bond acceptors (Lipinski definition) is 10. The summed E-state index contributed by atoms with van der Waals surface area (Å²) in [4.78, 5) is 13.0. The topological polar surface area (TPSA) is 152 Å². The van der Waals surface area contributed by atoms with Crippen molar-refractivity contribution in [3.8, 4) is 0 Å². The number of aliphatic hydroxyl groups excluding tert-OH is 2. The second-order valence-electron chi connectivity index (χ2n) is 41.9. The fourth-order valence-corrected chi connectivity index (χ4v) is 27.2. The predicted molar refractivity (Wildman–Crippen MR) is 485 cm³/mol. The summed E-state index contributed by atoms with van der Waals surface area (Å²) in [7, 11) is -12.1. The molecule has 0 spiro atoms. The lowest BCUT2D eigenvalue weighted by atomic mass is 9.55. The van der Waals surface area contributed by atoms with Gasteiger partial charge in [-0.3, -0.25) is 4.79 Å². The van der Waals surface area contributed by atoms with Crippen LogP contribution in [0.3, 0.4) is 0 Å². The highest BCUT2D eigenvalue weighted by molar-refractivity contribution is 7.78. The number of halogens is 6. The molecule has 6 saturated carbocycles. The largest absolute Gasteiger partial charge is 0.420 e. The Hall–Kier alpha value is -3.35. The molecule has 0 bridgehead atoms. The highest BCUT2D eigenvalue weighted by atomic mass is 31.2. The summed E-state index contributed by atoms with van der Waals surface area (Å²) in [5.41, 5.74) is -7.98. The van der Waals surface area contributed by atoms with E-state index in [1.54, 1.807) is 39.3 Å². The maximum atomic E-state index is 14.7. The van der Waals surface area contributed by atoms with Crippen molar-refractivity contribution in [2.45, 2.75) is 386 Å². The van der Waals surface area contributed by atoms with Crippen LogP contribution in [0.2, 0.25) is 75.5 Å². The monoisotopic (exact) mass is 1740 g/mol. The van der Waals surface area contributed by atoms with E-state index >= 15 is 0 Å². The quantitative estimate of drug-likeness (QED) is 0.0268. The molecular formula is C96H157F6O10PSi4. The molecule has 8 rings (SSSR count). The van der Waals surface area contributed by atoms with Crippen LogP contribution in [0.5, 0.6) is 0 Å². The number of ketones is 1. The van der Waals surface area contributed by atoms with Crippen LogP contribution in [0.25, 0.3) is 0 Å². The van der Waals surface area contributed by atoms with Crippen LogP contribution in [0.1, 0.15) is 268 Å². The van der Waals surface area contributed by atoms with Crippen molar-refractivity contribution < 1.29 is 90.3 Å². The molecule has 0 radical (unpaired) electrons. The van der Waals surface area contributed by atoms with E-state index in [0.29, 0.717) is 44.3 Å². The fraction of sp³-hybridized carbons (Fsp3) is 0.719. The highest BCUT2D eigenvalue weighted by Gasteiger charge is 2.59. The molecule has 0 amide bonds. The summed E-state index contributed by atoms with van der Waals surface area (Å²) in [5, 5.41) is 43.3. The molecule has 14 atom stereocenters. The van der Waals surface area contributed by atoms with Gasteiger partial charge in [-0.2, -0.15) is 26.3 Å². The number of aliphatic hydroxyl groups is 4. The Morgan fingerprint density at radius 3 is 1.56 bits per heavy atom. The molecule has 0 heterocycles. The van der Waals surface area contributed by atoms with Gasteiger partial charge in [-0.25, -0.2) is 0 Å². The zero-order valence-electron chi connectivity index (χ0n) is 87.1. The number of carbonyl (C=O) groups excluding carboxylic acids is 1. The lowest BCUT2D eigenvalue weighted by Crippen LogP contribution is -2.49. The van der Waals surface area contributed by atoms with Gasteiger partial charge in [0.25, 0.3) is 0 Å². The number of allylic oxidation sites excluding steroid dienone is 6. The third kappa shape index (κ3) is 27.1. The van der Waals surface area contributed by atoms with Crippen molar-refractivity contribution in [1.29, 1.82) is 0 Å². The standard InChI is InChI=1S/C33H51F3O4.C33H51O3PSi2.C30H55F3O3Si2/c1-22-24(20-25(37)21-27(22)38)12-11-23-10-7-18-31(5)26(23)13-14-28(31)30(4,16-8-15-29(2,3)39)17-9-19-32(6,40)33(34,35)36;1-26-27(22-23-37(34,29-18-14-12-15-19-29)30-20-16-13-17-21-30)24-28(35-38(8,9)32(2,3)4)25-31(26)36-39(10,11)33(5,6)7;1-26(2,35-37(6,7)8)18-13-19-27(3,25-17-16-23-24(34)15-12-21-28(23,25)4)20-14-22-29(5,30(31,32)33)36-38(9,10)11/h9,11-12,19,25-28,37-40H,1,7-8,10,13-18,20-21H2,2-6H3;12-22,28,31H,1,23-25H2,2-11H3;14,22-23,25H,12-13,15-21H2,1-11H3/b19-9-,23-11+,24-12-;27-22-;22-14-/t25-,26?,27+,28-,30?,31+,32?;28-,31+;23?,25-,27?,28+,29?/m111/s1/i2D3,3D3;;1D3,2D3.